The van der Waals surface area contributed by atoms with E-state index >= 15 is 0 Å². The van der Waals surface area contributed by atoms with Crippen molar-refractivity contribution in [1.29, 1.82) is 0 Å². The summed E-state index contributed by atoms with van der Waals surface area (Å²) in [5.74, 6) is 0.729. The highest BCUT2D eigenvalue weighted by molar-refractivity contribution is 7.89. The van der Waals surface area contributed by atoms with Crippen molar-refractivity contribution in [3.63, 3.8) is 0 Å². The van der Waals surface area contributed by atoms with Crippen LogP contribution in [0.25, 0.3) is 22.5 Å². The molecule has 2 aromatic heterocycles. The molecule has 0 unspecified atom stereocenters. The van der Waals surface area contributed by atoms with E-state index in [4.69, 9.17) is 20.1 Å². The molecule has 1 aliphatic rings. The van der Waals surface area contributed by atoms with Crippen LogP contribution in [0.4, 0.5) is 5.82 Å². The number of aryl methyl sites for hydroxylation is 2. The molecule has 0 amide bonds. The normalized spacial score (nSPS) is 17.1. The average molecular weight is 443 g/mol. The third kappa shape index (κ3) is 4.48. The van der Waals surface area contributed by atoms with Gasteiger partial charge in [0, 0.05) is 30.0 Å². The highest BCUT2D eigenvalue weighted by Gasteiger charge is 2.26. The number of benzene rings is 1. The van der Waals surface area contributed by atoms with Gasteiger partial charge in [0.25, 0.3) is 0 Å². The maximum absolute atomic E-state index is 12.7. The van der Waals surface area contributed by atoms with Crippen molar-refractivity contribution in [2.75, 3.05) is 12.3 Å². The van der Waals surface area contributed by atoms with Crippen LogP contribution in [-0.4, -0.2) is 31.3 Å². The summed E-state index contributed by atoms with van der Waals surface area (Å²) in [5.41, 5.74) is 9.82. The Hall–Kier alpha value is -2.75. The minimum atomic E-state index is -4.02. The first-order chi connectivity index (χ1) is 14.7. The van der Waals surface area contributed by atoms with Crippen LogP contribution in [0.1, 0.15) is 36.1 Å². The van der Waals surface area contributed by atoms with Crippen molar-refractivity contribution in [1.82, 2.24) is 10.1 Å². The zero-order valence-corrected chi connectivity index (χ0v) is 18.4. The number of pyridine rings is 1. The molecule has 4 rings (SSSR count). The number of primary sulfonamides is 1. The van der Waals surface area contributed by atoms with Crippen molar-refractivity contribution >= 4 is 15.8 Å². The predicted octanol–water partition coefficient (Wildman–Crippen LogP) is 3.36. The van der Waals surface area contributed by atoms with Crippen LogP contribution in [0, 0.1) is 13.8 Å². The molecule has 1 fully saturated rings. The van der Waals surface area contributed by atoms with Crippen LogP contribution in [0.5, 0.6) is 0 Å². The summed E-state index contributed by atoms with van der Waals surface area (Å²) in [7, 11) is -4.02. The van der Waals surface area contributed by atoms with E-state index in [2.05, 4.69) is 10.1 Å². The molecule has 1 aliphatic heterocycles. The van der Waals surface area contributed by atoms with Gasteiger partial charge in [0.15, 0.2) is 5.76 Å². The van der Waals surface area contributed by atoms with E-state index in [0.29, 0.717) is 46.7 Å². The third-order valence-corrected chi connectivity index (χ3v) is 6.59. The van der Waals surface area contributed by atoms with Gasteiger partial charge in [0.1, 0.15) is 5.82 Å². The minimum Gasteiger partial charge on any atom is -0.383 e. The van der Waals surface area contributed by atoms with E-state index in [1.54, 1.807) is 25.3 Å². The molecule has 3 aromatic rings. The minimum absolute atomic E-state index is 0.0259. The fraction of sp³-hybridized carbons (Fsp3) is 0.364. The Kier molecular flexibility index (Phi) is 5.83. The van der Waals surface area contributed by atoms with Gasteiger partial charge in [0.05, 0.1) is 22.3 Å². The zero-order valence-electron chi connectivity index (χ0n) is 17.6. The summed E-state index contributed by atoms with van der Waals surface area (Å²) in [6.07, 6.45) is 5.00. The summed E-state index contributed by atoms with van der Waals surface area (Å²) in [6, 6.07) is 7.24. The first-order valence-corrected chi connectivity index (χ1v) is 11.7. The third-order valence-electron chi connectivity index (χ3n) is 5.55. The molecule has 0 bridgehead atoms. The Balaban J connectivity index is 1.87. The molecule has 164 valence electrons. The summed E-state index contributed by atoms with van der Waals surface area (Å²) in [4.78, 5) is 4.38. The Bertz CT molecular complexity index is 1210. The molecule has 4 N–H and O–H groups in total. The number of hydrogen-bond donors (Lipinski definition) is 2. The van der Waals surface area contributed by atoms with Crippen molar-refractivity contribution in [3.8, 4) is 22.5 Å². The number of rotatable bonds is 5. The second-order valence-electron chi connectivity index (χ2n) is 7.97. The second kappa shape index (κ2) is 8.41. The molecule has 1 saturated heterocycles. The van der Waals surface area contributed by atoms with E-state index in [-0.39, 0.29) is 16.8 Å². The van der Waals surface area contributed by atoms with Crippen LogP contribution in [-0.2, 0) is 21.2 Å². The largest absolute Gasteiger partial charge is 0.383 e. The topological polar surface area (TPSA) is 134 Å². The lowest BCUT2D eigenvalue weighted by atomic mass is 9.94. The average Bonchev–Trinajstić information content (AvgIpc) is 3.15. The highest BCUT2D eigenvalue weighted by Crippen LogP contribution is 2.37. The van der Waals surface area contributed by atoms with E-state index < -0.39 is 10.0 Å². The number of nitrogens with zero attached hydrogens (tertiary/aromatic N) is 2. The van der Waals surface area contributed by atoms with Crippen molar-refractivity contribution < 1.29 is 17.7 Å². The number of nitrogen functional groups attached to an aromatic ring is 1. The van der Waals surface area contributed by atoms with Crippen LogP contribution >= 0.6 is 0 Å². The van der Waals surface area contributed by atoms with Crippen LogP contribution in [0.2, 0.25) is 0 Å². The second-order valence-corrected chi connectivity index (χ2v) is 9.47. The van der Waals surface area contributed by atoms with E-state index in [1.807, 2.05) is 19.1 Å². The monoisotopic (exact) mass is 442 g/mol. The van der Waals surface area contributed by atoms with Gasteiger partial charge in [-0.1, -0.05) is 17.3 Å². The van der Waals surface area contributed by atoms with Gasteiger partial charge in [-0.3, -0.25) is 0 Å². The quantitative estimate of drug-likeness (QED) is 0.618. The number of nitrogens with two attached hydrogens (primary N) is 2. The maximum Gasteiger partial charge on any atom is 0.238 e. The first kappa shape index (κ1) is 21.5. The lowest BCUT2D eigenvalue weighted by Gasteiger charge is -2.24. The molecular weight excluding hydrogens is 416 g/mol. The Morgan fingerprint density at radius 2 is 2.00 bits per heavy atom. The summed E-state index contributed by atoms with van der Waals surface area (Å²) >= 11 is 0. The molecule has 3 heterocycles. The molecule has 0 saturated carbocycles. The Labute approximate surface area is 181 Å². The summed E-state index contributed by atoms with van der Waals surface area (Å²) < 4.78 is 36.6. The molecule has 9 heteroatoms. The molecule has 1 atom stereocenters. The smallest absolute Gasteiger partial charge is 0.238 e. The number of hydrogen-bond acceptors (Lipinski definition) is 7. The van der Waals surface area contributed by atoms with Gasteiger partial charge in [-0.2, -0.15) is 0 Å². The van der Waals surface area contributed by atoms with Gasteiger partial charge < -0.3 is 15.0 Å². The van der Waals surface area contributed by atoms with Crippen molar-refractivity contribution in [3.05, 3.63) is 47.3 Å². The Morgan fingerprint density at radius 3 is 2.65 bits per heavy atom. The van der Waals surface area contributed by atoms with Crippen molar-refractivity contribution in [2.24, 2.45) is 5.14 Å². The van der Waals surface area contributed by atoms with E-state index in [9.17, 15) is 8.42 Å². The number of anilines is 1. The van der Waals surface area contributed by atoms with E-state index in [1.165, 1.54) is 0 Å². The molecular formula is C22H26N4O4S. The summed E-state index contributed by atoms with van der Waals surface area (Å²) in [6.45, 7) is 4.34. The number of ether oxygens (including phenoxy) is 1. The maximum atomic E-state index is 12.7. The first-order valence-electron chi connectivity index (χ1n) is 10.2. The van der Waals surface area contributed by atoms with Gasteiger partial charge in [-0.25, -0.2) is 18.5 Å². The molecule has 8 nitrogen and oxygen atoms in total. The van der Waals surface area contributed by atoms with Crippen LogP contribution in [0.3, 0.4) is 0 Å². The fourth-order valence-electron chi connectivity index (χ4n) is 4.08. The molecule has 0 aliphatic carbocycles. The van der Waals surface area contributed by atoms with Crippen LogP contribution in [0.15, 0.2) is 39.9 Å². The van der Waals surface area contributed by atoms with Gasteiger partial charge in [0.2, 0.25) is 10.0 Å². The molecule has 1 aromatic carbocycles. The van der Waals surface area contributed by atoms with Crippen molar-refractivity contribution in [2.45, 2.75) is 50.5 Å². The summed E-state index contributed by atoms with van der Waals surface area (Å²) in [5, 5.41) is 9.61. The van der Waals surface area contributed by atoms with Gasteiger partial charge in [-0.15, -0.1) is 0 Å². The predicted molar refractivity (Wildman–Crippen MR) is 118 cm³/mol. The van der Waals surface area contributed by atoms with Gasteiger partial charge in [-0.05, 0) is 56.7 Å². The Morgan fingerprint density at radius 1 is 1.19 bits per heavy atom. The lowest BCUT2D eigenvalue weighted by molar-refractivity contribution is 0.0164. The molecule has 0 radical (unpaired) electrons. The van der Waals surface area contributed by atoms with E-state index in [0.717, 1.165) is 24.8 Å². The van der Waals surface area contributed by atoms with Crippen LogP contribution < -0.4 is 10.9 Å². The fourth-order valence-corrected chi connectivity index (χ4v) is 5.16. The number of sulfonamides is 1. The molecule has 0 spiro atoms. The number of aromatic nitrogens is 2. The van der Waals surface area contributed by atoms with Gasteiger partial charge >= 0.3 is 0 Å². The zero-order chi connectivity index (χ0) is 22.2. The highest BCUT2D eigenvalue weighted by atomic mass is 32.2. The molecule has 31 heavy (non-hydrogen) atoms. The SMILES string of the molecule is Cc1cc(-c2cc(-c3c(C)ccc(C[C@@H]4CCCCO4)c3S(N)(=O)=O)cnc2N)on1. The standard InChI is InChI=1S/C22H26N4O4S/c1-13-6-7-15(10-17-5-3-4-8-29-17)21(31(24,27)28)20(13)16-11-18(22(23)25-12-16)19-9-14(2)26-30-19/h6-7,9,11-12,17H,3-5,8,10H2,1-2H3,(H2,23,25)(H2,24,27,28)/t17-/m0/s1. The lowest BCUT2D eigenvalue weighted by Crippen LogP contribution is -2.24.